The second-order valence-electron chi connectivity index (χ2n) is 9.72. The van der Waals surface area contributed by atoms with E-state index in [1.807, 2.05) is 18.2 Å². The van der Waals surface area contributed by atoms with Crippen LogP contribution in [0.1, 0.15) is 55.0 Å². The molecule has 2 N–H and O–H groups in total. The number of carbonyl (C=O) groups is 1. The van der Waals surface area contributed by atoms with E-state index in [1.165, 1.54) is 0 Å². The van der Waals surface area contributed by atoms with Crippen molar-refractivity contribution in [3.8, 4) is 0 Å². The maximum absolute atomic E-state index is 13.2. The minimum atomic E-state index is -3.91. The van der Waals surface area contributed by atoms with Gasteiger partial charge in [-0.1, -0.05) is 29.4 Å². The van der Waals surface area contributed by atoms with E-state index in [1.54, 1.807) is 38.1 Å². The molecular formula is C26H30N2O6S. The Hall–Kier alpha value is -2.91. The highest BCUT2D eigenvalue weighted by Crippen LogP contribution is 2.51. The molecule has 4 unspecified atom stereocenters. The lowest BCUT2D eigenvalue weighted by Crippen LogP contribution is -2.45. The average molecular weight is 499 g/mol. The second-order valence-corrected chi connectivity index (χ2v) is 11.3. The van der Waals surface area contributed by atoms with Crippen molar-refractivity contribution in [2.75, 3.05) is 4.72 Å². The van der Waals surface area contributed by atoms with E-state index in [2.05, 4.69) is 9.88 Å². The van der Waals surface area contributed by atoms with Gasteiger partial charge in [-0.25, -0.2) is 8.42 Å². The van der Waals surface area contributed by atoms with Crippen LogP contribution in [-0.4, -0.2) is 30.8 Å². The van der Waals surface area contributed by atoms with E-state index in [-0.39, 0.29) is 34.1 Å². The Balaban J connectivity index is 1.46. The molecule has 2 aromatic rings. The molecule has 1 aromatic carbocycles. The van der Waals surface area contributed by atoms with Gasteiger partial charge < -0.3 is 14.4 Å². The molecule has 0 spiro atoms. The third-order valence-electron chi connectivity index (χ3n) is 7.20. The molecule has 1 saturated carbocycles. The number of benzene rings is 1. The summed E-state index contributed by atoms with van der Waals surface area (Å²) in [6.07, 6.45) is 9.33. The van der Waals surface area contributed by atoms with Gasteiger partial charge in [-0.2, -0.15) is 0 Å². The van der Waals surface area contributed by atoms with Gasteiger partial charge in [-0.05, 0) is 75.6 Å². The Bertz CT molecular complexity index is 1270. The Morgan fingerprint density at radius 3 is 2.71 bits per heavy atom. The molecule has 1 saturated heterocycles. The van der Waals surface area contributed by atoms with E-state index in [0.717, 1.165) is 37.7 Å². The van der Waals surface area contributed by atoms with Crippen molar-refractivity contribution in [3.05, 3.63) is 65.3 Å². The quantitative estimate of drug-likeness (QED) is 0.568. The summed E-state index contributed by atoms with van der Waals surface area (Å²) < 4.78 is 39.4. The molecule has 0 bridgehead atoms. The zero-order valence-corrected chi connectivity index (χ0v) is 20.6. The Kier molecular flexibility index (Phi) is 6.31. The molecule has 35 heavy (non-hydrogen) atoms. The van der Waals surface area contributed by atoms with Gasteiger partial charge in [-0.3, -0.25) is 9.52 Å². The van der Waals surface area contributed by atoms with Crippen LogP contribution in [0, 0.1) is 31.6 Å². The number of aliphatic hydroxyl groups excluding tert-OH is 1. The lowest BCUT2D eigenvalue weighted by atomic mass is 9.72. The Morgan fingerprint density at radius 1 is 1.20 bits per heavy atom. The molecule has 1 aliphatic heterocycles. The van der Waals surface area contributed by atoms with Crippen molar-refractivity contribution in [1.82, 2.24) is 5.16 Å². The Labute approximate surface area is 205 Å². The summed E-state index contributed by atoms with van der Waals surface area (Å²) in [6, 6.07) is 7.08. The highest BCUT2D eigenvalue weighted by molar-refractivity contribution is 7.92. The molecule has 5 rings (SSSR count). The molecule has 186 valence electrons. The number of fused-ring (bicyclic) bond motifs is 1. The largest absolute Gasteiger partial charge is 0.430 e. The number of hydrogen-bond donors (Lipinski definition) is 2. The highest BCUT2D eigenvalue weighted by Gasteiger charge is 2.50. The number of nitrogens with one attached hydrogen (secondary N) is 1. The first-order valence-corrected chi connectivity index (χ1v) is 13.6. The van der Waals surface area contributed by atoms with Gasteiger partial charge in [0.15, 0.2) is 10.7 Å². The van der Waals surface area contributed by atoms with Crippen molar-refractivity contribution in [1.29, 1.82) is 0 Å². The molecule has 1 aromatic heterocycles. The summed E-state index contributed by atoms with van der Waals surface area (Å²) in [5.41, 5.74) is 1.47. The van der Waals surface area contributed by atoms with Crippen LogP contribution in [0.3, 0.4) is 0 Å². The molecule has 0 radical (unpaired) electrons. The number of hydrogen-bond acceptors (Lipinski definition) is 7. The minimum Gasteiger partial charge on any atom is -0.430 e. The summed E-state index contributed by atoms with van der Waals surface area (Å²) in [4.78, 5) is 13.2. The maximum Gasteiger partial charge on any atom is 0.317 e. The van der Waals surface area contributed by atoms with Crippen LogP contribution in [0.15, 0.2) is 57.7 Å². The van der Waals surface area contributed by atoms with E-state index < -0.39 is 28.0 Å². The smallest absolute Gasteiger partial charge is 0.317 e. The number of anilines is 1. The number of allylic oxidation sites excluding steroid dienone is 3. The molecular weight excluding hydrogens is 468 g/mol. The van der Waals surface area contributed by atoms with Gasteiger partial charge >= 0.3 is 5.97 Å². The number of carbonyl (C=O) groups excluding carboxylic acids is 1. The SMILES string of the molecule is Cc1noc(C)c1S(=O)(=O)Nc1cccc(C(C2CC2)C2C(=O)OC3=CC=CCCCC3C2O)c1. The maximum atomic E-state index is 13.2. The predicted octanol–water partition coefficient (Wildman–Crippen LogP) is 4.36. The number of ether oxygens (including phenoxy) is 1. The van der Waals surface area contributed by atoms with E-state index >= 15 is 0 Å². The van der Waals surface area contributed by atoms with Crippen LogP contribution < -0.4 is 4.72 Å². The molecule has 3 aliphatic rings. The van der Waals surface area contributed by atoms with Gasteiger partial charge in [0.1, 0.15) is 11.5 Å². The standard InChI is InChI=1S/C26H30N2O6S/c1-15-25(16(2)34-27-15)35(31,32)28-19-9-7-8-18(14-19)22(17-12-13-17)23-24(29)20-10-5-3-4-6-11-21(20)33-26(23)30/h4,6-9,11,14,17,20,22-24,28-29H,3,5,10,12-13H2,1-2H3. The fraction of sp³-hybridized carbons (Fsp3) is 0.462. The molecule has 0 amide bonds. The predicted molar refractivity (Wildman–Crippen MR) is 129 cm³/mol. The summed E-state index contributed by atoms with van der Waals surface area (Å²) in [6.45, 7) is 3.13. The minimum absolute atomic E-state index is 0.0191. The number of rotatable bonds is 6. The van der Waals surface area contributed by atoms with Crippen molar-refractivity contribution < 1.29 is 27.6 Å². The van der Waals surface area contributed by atoms with Gasteiger partial charge in [0.05, 0.1) is 12.0 Å². The van der Waals surface area contributed by atoms with E-state index in [0.29, 0.717) is 11.4 Å². The molecule has 2 heterocycles. The fourth-order valence-corrected chi connectivity index (χ4v) is 6.85. The van der Waals surface area contributed by atoms with E-state index in [4.69, 9.17) is 9.26 Å². The highest BCUT2D eigenvalue weighted by atomic mass is 32.2. The third kappa shape index (κ3) is 4.67. The molecule has 2 fully saturated rings. The van der Waals surface area contributed by atoms with Gasteiger partial charge in [-0.15, -0.1) is 0 Å². The van der Waals surface area contributed by atoms with Gasteiger partial charge in [0, 0.05) is 17.5 Å². The first kappa shape index (κ1) is 23.8. The summed E-state index contributed by atoms with van der Waals surface area (Å²) in [5.74, 6) is -0.641. The Morgan fingerprint density at radius 2 is 2.00 bits per heavy atom. The molecule has 8 nitrogen and oxygen atoms in total. The van der Waals surface area contributed by atoms with Crippen molar-refractivity contribution in [3.63, 3.8) is 0 Å². The van der Waals surface area contributed by atoms with Crippen molar-refractivity contribution >= 4 is 21.7 Å². The molecule has 9 heteroatoms. The summed E-state index contributed by atoms with van der Waals surface area (Å²) in [7, 11) is -3.91. The monoisotopic (exact) mass is 498 g/mol. The van der Waals surface area contributed by atoms with Crippen LogP contribution in [0.4, 0.5) is 5.69 Å². The van der Waals surface area contributed by atoms with Gasteiger partial charge in [0.25, 0.3) is 10.0 Å². The zero-order chi connectivity index (χ0) is 24.7. The zero-order valence-electron chi connectivity index (χ0n) is 19.8. The third-order valence-corrected chi connectivity index (χ3v) is 8.82. The fourth-order valence-electron chi connectivity index (χ4n) is 5.46. The number of sulfonamides is 1. The first-order valence-electron chi connectivity index (χ1n) is 12.1. The molecule has 2 aliphatic carbocycles. The summed E-state index contributed by atoms with van der Waals surface area (Å²) >= 11 is 0. The van der Waals surface area contributed by atoms with Crippen LogP contribution >= 0.6 is 0 Å². The number of aromatic nitrogens is 1. The summed E-state index contributed by atoms with van der Waals surface area (Å²) in [5, 5.41) is 15.1. The van der Waals surface area contributed by atoms with Crippen molar-refractivity contribution in [2.45, 2.75) is 62.9 Å². The van der Waals surface area contributed by atoms with Gasteiger partial charge in [0.2, 0.25) is 0 Å². The average Bonchev–Trinajstić information content (AvgIpc) is 3.55. The van der Waals surface area contributed by atoms with Crippen LogP contribution in [-0.2, 0) is 19.6 Å². The lowest BCUT2D eigenvalue weighted by molar-refractivity contribution is -0.160. The molecule has 4 atom stereocenters. The number of aliphatic hydroxyl groups is 1. The van der Waals surface area contributed by atoms with E-state index in [9.17, 15) is 18.3 Å². The second kappa shape index (κ2) is 9.28. The topological polar surface area (TPSA) is 119 Å². The number of aryl methyl sites for hydroxylation is 2. The number of esters is 1. The van der Waals surface area contributed by atoms with Crippen LogP contribution in [0.25, 0.3) is 0 Å². The number of nitrogens with zero attached hydrogens (tertiary/aromatic N) is 1. The van der Waals surface area contributed by atoms with Crippen LogP contribution in [0.5, 0.6) is 0 Å². The van der Waals surface area contributed by atoms with Crippen LogP contribution in [0.2, 0.25) is 0 Å². The normalized spacial score (nSPS) is 25.6. The first-order chi connectivity index (χ1) is 16.8. The lowest BCUT2D eigenvalue weighted by Gasteiger charge is -2.39. The van der Waals surface area contributed by atoms with Crippen molar-refractivity contribution in [2.24, 2.45) is 17.8 Å².